The van der Waals surface area contributed by atoms with Crippen molar-refractivity contribution in [2.45, 2.75) is 20.8 Å². The van der Waals surface area contributed by atoms with Crippen molar-refractivity contribution < 1.29 is 14.3 Å². The van der Waals surface area contributed by atoms with Crippen LogP contribution in [0.1, 0.15) is 29.8 Å². The molecular formula is C20H21Cl3N2O3. The SMILES string of the molecule is CCOC(=O)C(C(=O)c1ccc(Cl)nc1Cl)C(C)CNc1c(C)cccc1Cl. The molecule has 0 saturated carbocycles. The average molecular weight is 444 g/mol. The summed E-state index contributed by atoms with van der Waals surface area (Å²) in [4.78, 5) is 29.5. The van der Waals surface area contributed by atoms with E-state index < -0.39 is 23.6 Å². The Bertz CT molecular complexity index is 854. The van der Waals surface area contributed by atoms with E-state index in [4.69, 9.17) is 39.5 Å². The van der Waals surface area contributed by atoms with Gasteiger partial charge in [0.2, 0.25) is 0 Å². The maximum Gasteiger partial charge on any atom is 0.317 e. The molecule has 0 bridgehead atoms. The largest absolute Gasteiger partial charge is 0.465 e. The van der Waals surface area contributed by atoms with E-state index in [1.54, 1.807) is 19.9 Å². The van der Waals surface area contributed by atoms with Gasteiger partial charge in [-0.25, -0.2) is 4.98 Å². The lowest BCUT2D eigenvalue weighted by molar-refractivity contribution is -0.147. The minimum absolute atomic E-state index is 0.0473. The second-order valence-corrected chi connectivity index (χ2v) is 7.51. The van der Waals surface area contributed by atoms with Crippen LogP contribution in [-0.2, 0) is 9.53 Å². The number of halogens is 3. The minimum Gasteiger partial charge on any atom is -0.465 e. The third-order valence-corrected chi connectivity index (χ3v) is 5.11. The number of hydrogen-bond acceptors (Lipinski definition) is 5. The molecule has 0 aliphatic heterocycles. The molecule has 0 aliphatic rings. The lowest BCUT2D eigenvalue weighted by Crippen LogP contribution is -2.35. The molecule has 2 rings (SSSR count). The van der Waals surface area contributed by atoms with Crippen molar-refractivity contribution in [3.8, 4) is 0 Å². The van der Waals surface area contributed by atoms with Gasteiger partial charge in [-0.15, -0.1) is 0 Å². The number of aromatic nitrogens is 1. The average Bonchev–Trinajstić information content (AvgIpc) is 2.61. The number of benzene rings is 1. The summed E-state index contributed by atoms with van der Waals surface area (Å²) in [6, 6.07) is 8.47. The Morgan fingerprint density at radius 2 is 1.89 bits per heavy atom. The van der Waals surface area contributed by atoms with Gasteiger partial charge in [0.25, 0.3) is 0 Å². The van der Waals surface area contributed by atoms with Gasteiger partial charge in [0.1, 0.15) is 16.2 Å². The lowest BCUT2D eigenvalue weighted by Gasteiger charge is -2.23. The number of esters is 1. The van der Waals surface area contributed by atoms with Crippen molar-refractivity contribution in [1.82, 2.24) is 4.98 Å². The van der Waals surface area contributed by atoms with E-state index in [1.165, 1.54) is 12.1 Å². The molecule has 0 amide bonds. The number of pyridine rings is 1. The van der Waals surface area contributed by atoms with Crippen LogP contribution in [0.2, 0.25) is 15.3 Å². The highest BCUT2D eigenvalue weighted by molar-refractivity contribution is 6.35. The van der Waals surface area contributed by atoms with Gasteiger partial charge < -0.3 is 10.1 Å². The van der Waals surface area contributed by atoms with Crippen molar-refractivity contribution in [3.05, 3.63) is 56.8 Å². The first-order valence-electron chi connectivity index (χ1n) is 8.78. The molecule has 2 atom stereocenters. The fourth-order valence-corrected chi connectivity index (χ4v) is 3.56. The first kappa shape index (κ1) is 22.5. The van der Waals surface area contributed by atoms with Crippen LogP contribution in [-0.4, -0.2) is 29.9 Å². The van der Waals surface area contributed by atoms with Crippen LogP contribution in [0, 0.1) is 18.8 Å². The van der Waals surface area contributed by atoms with Crippen molar-refractivity contribution in [1.29, 1.82) is 0 Å². The molecule has 28 heavy (non-hydrogen) atoms. The standard InChI is InChI=1S/C20H21Cl3N2O3/c1-4-28-20(27)16(18(26)13-8-9-15(22)25-19(13)23)12(3)10-24-17-11(2)6-5-7-14(17)21/h5-9,12,16,24H,4,10H2,1-3H3. The molecule has 2 unspecified atom stereocenters. The van der Waals surface area contributed by atoms with E-state index >= 15 is 0 Å². The molecule has 150 valence electrons. The maximum atomic E-state index is 13.1. The number of ether oxygens (including phenoxy) is 1. The Kier molecular flexibility index (Phi) is 8.10. The van der Waals surface area contributed by atoms with Gasteiger partial charge in [-0.2, -0.15) is 0 Å². The second kappa shape index (κ2) is 10.1. The fourth-order valence-electron chi connectivity index (χ4n) is 2.83. The summed E-state index contributed by atoms with van der Waals surface area (Å²) in [5, 5.41) is 3.91. The summed E-state index contributed by atoms with van der Waals surface area (Å²) in [5.41, 5.74) is 1.85. The molecule has 1 aromatic heterocycles. The van der Waals surface area contributed by atoms with Crippen LogP contribution in [0.4, 0.5) is 5.69 Å². The Hall–Kier alpha value is -1.82. The number of rotatable bonds is 8. The van der Waals surface area contributed by atoms with Crippen LogP contribution < -0.4 is 5.32 Å². The number of hydrogen-bond donors (Lipinski definition) is 1. The second-order valence-electron chi connectivity index (χ2n) is 6.36. The third-order valence-electron chi connectivity index (χ3n) is 4.29. The quantitative estimate of drug-likeness (QED) is 0.254. The van der Waals surface area contributed by atoms with E-state index in [2.05, 4.69) is 10.3 Å². The van der Waals surface area contributed by atoms with Crippen molar-refractivity contribution >= 4 is 52.2 Å². The number of aryl methyl sites for hydroxylation is 1. The molecule has 2 aromatic rings. The van der Waals surface area contributed by atoms with Gasteiger partial charge >= 0.3 is 5.97 Å². The fraction of sp³-hybridized carbons (Fsp3) is 0.350. The summed E-state index contributed by atoms with van der Waals surface area (Å²) < 4.78 is 5.13. The molecule has 0 aliphatic carbocycles. The highest BCUT2D eigenvalue weighted by atomic mass is 35.5. The molecule has 1 aromatic carbocycles. The van der Waals surface area contributed by atoms with Crippen LogP contribution in [0.5, 0.6) is 0 Å². The number of Topliss-reactive ketones (excluding diaryl/α,β-unsaturated/α-hetero) is 1. The van der Waals surface area contributed by atoms with Crippen molar-refractivity contribution in [2.75, 3.05) is 18.5 Å². The molecule has 0 spiro atoms. The van der Waals surface area contributed by atoms with Gasteiger partial charge in [0.15, 0.2) is 5.78 Å². The predicted molar refractivity (Wildman–Crippen MR) is 113 cm³/mol. The van der Waals surface area contributed by atoms with Crippen molar-refractivity contribution in [3.63, 3.8) is 0 Å². The van der Waals surface area contributed by atoms with E-state index in [0.29, 0.717) is 11.6 Å². The Balaban J connectivity index is 2.26. The Morgan fingerprint density at radius 1 is 1.18 bits per heavy atom. The number of ketones is 1. The van der Waals surface area contributed by atoms with E-state index in [-0.39, 0.29) is 22.5 Å². The minimum atomic E-state index is -1.05. The normalized spacial score (nSPS) is 12.9. The van der Waals surface area contributed by atoms with Crippen LogP contribution >= 0.6 is 34.8 Å². The highest BCUT2D eigenvalue weighted by Gasteiger charge is 2.35. The smallest absolute Gasteiger partial charge is 0.317 e. The number of carbonyl (C=O) groups excluding carboxylic acids is 2. The number of nitrogens with zero attached hydrogens (tertiary/aromatic N) is 1. The topological polar surface area (TPSA) is 68.3 Å². The molecule has 1 heterocycles. The Morgan fingerprint density at radius 3 is 2.50 bits per heavy atom. The van der Waals surface area contributed by atoms with E-state index in [1.807, 2.05) is 19.1 Å². The number of anilines is 1. The van der Waals surface area contributed by atoms with Gasteiger partial charge in [-0.3, -0.25) is 9.59 Å². The van der Waals surface area contributed by atoms with Gasteiger partial charge in [0, 0.05) is 6.54 Å². The molecular weight excluding hydrogens is 423 g/mol. The zero-order valence-electron chi connectivity index (χ0n) is 15.8. The zero-order valence-corrected chi connectivity index (χ0v) is 18.0. The van der Waals surface area contributed by atoms with Gasteiger partial charge in [-0.1, -0.05) is 53.9 Å². The molecule has 1 N–H and O–H groups in total. The molecule has 0 saturated heterocycles. The highest BCUT2D eigenvalue weighted by Crippen LogP contribution is 2.28. The third kappa shape index (κ3) is 5.37. The summed E-state index contributed by atoms with van der Waals surface area (Å²) in [6.07, 6.45) is 0. The van der Waals surface area contributed by atoms with Gasteiger partial charge in [0.05, 0.1) is 22.9 Å². The summed E-state index contributed by atoms with van der Waals surface area (Å²) in [6.45, 7) is 5.89. The van der Waals surface area contributed by atoms with E-state index in [9.17, 15) is 9.59 Å². The van der Waals surface area contributed by atoms with Crippen LogP contribution in [0.15, 0.2) is 30.3 Å². The Labute approximate surface area is 179 Å². The number of carbonyl (C=O) groups is 2. The lowest BCUT2D eigenvalue weighted by atomic mass is 9.87. The van der Waals surface area contributed by atoms with Crippen LogP contribution in [0.25, 0.3) is 0 Å². The van der Waals surface area contributed by atoms with Crippen molar-refractivity contribution in [2.24, 2.45) is 11.8 Å². The molecule has 0 radical (unpaired) electrons. The molecule has 0 fully saturated rings. The molecule has 8 heteroatoms. The van der Waals surface area contributed by atoms with Gasteiger partial charge in [-0.05, 0) is 43.5 Å². The first-order valence-corrected chi connectivity index (χ1v) is 9.91. The zero-order chi connectivity index (χ0) is 20.8. The van der Waals surface area contributed by atoms with Crippen LogP contribution in [0.3, 0.4) is 0 Å². The maximum absolute atomic E-state index is 13.1. The first-order chi connectivity index (χ1) is 13.3. The molecule has 5 nitrogen and oxygen atoms in total. The van der Waals surface area contributed by atoms with E-state index in [0.717, 1.165) is 11.3 Å². The number of nitrogens with one attached hydrogen (secondary N) is 1. The summed E-state index contributed by atoms with van der Waals surface area (Å²) >= 11 is 18.1. The summed E-state index contributed by atoms with van der Waals surface area (Å²) in [7, 11) is 0. The predicted octanol–water partition coefficient (Wildman–Crippen LogP) is 5.46. The monoisotopic (exact) mass is 442 g/mol. The summed E-state index contributed by atoms with van der Waals surface area (Å²) in [5.74, 6) is -2.51. The number of para-hydroxylation sites is 1.